The van der Waals surface area contributed by atoms with Crippen LogP contribution in [-0.4, -0.2) is 32.2 Å². The van der Waals surface area contributed by atoms with Crippen molar-refractivity contribution in [1.82, 2.24) is 0 Å². The Kier molecular flexibility index (Phi) is 6.25. The first kappa shape index (κ1) is 20.6. The van der Waals surface area contributed by atoms with Crippen molar-refractivity contribution in [3.05, 3.63) is 71.1 Å². The molecule has 1 saturated carbocycles. The molecule has 1 unspecified atom stereocenters. The minimum atomic E-state index is -2.60. The van der Waals surface area contributed by atoms with Crippen molar-refractivity contribution in [2.45, 2.75) is 50.8 Å². The van der Waals surface area contributed by atoms with Gasteiger partial charge in [0.2, 0.25) is 0 Å². The van der Waals surface area contributed by atoms with Crippen molar-refractivity contribution in [2.24, 2.45) is 11.0 Å². The van der Waals surface area contributed by atoms with Gasteiger partial charge in [0.05, 0.1) is 6.10 Å². The minimum Gasteiger partial charge on any atom is -0.407 e. The molecule has 1 fully saturated rings. The Balaban J connectivity index is 1.98. The number of hydrogen-bond acceptors (Lipinski definition) is 3. The van der Waals surface area contributed by atoms with Gasteiger partial charge in [-0.1, -0.05) is 86.5 Å². The van der Waals surface area contributed by atoms with Crippen LogP contribution in [0.15, 0.2) is 65.8 Å². The Morgan fingerprint density at radius 3 is 2.04 bits per heavy atom. The second-order valence-electron chi connectivity index (χ2n) is 8.63. The van der Waals surface area contributed by atoms with Gasteiger partial charge in [-0.05, 0) is 33.8 Å². The van der Waals surface area contributed by atoms with Crippen LogP contribution in [0.5, 0.6) is 0 Å². The Bertz CT molecular complexity index is 777. The van der Waals surface area contributed by atoms with Crippen LogP contribution >= 0.6 is 0 Å². The van der Waals surface area contributed by atoms with Crippen LogP contribution in [0.1, 0.15) is 33.6 Å². The molecule has 0 radical (unpaired) electrons. The summed E-state index contributed by atoms with van der Waals surface area (Å²) in [5.41, 5.74) is 8.71. The molecular weight excluding hydrogens is 366 g/mol. The van der Waals surface area contributed by atoms with Crippen molar-refractivity contribution >= 4 is 18.7 Å². The molecule has 3 atom stereocenters. The molecule has 6 heteroatoms. The van der Waals surface area contributed by atoms with Gasteiger partial charge >= 0.3 is 0 Å². The van der Waals surface area contributed by atoms with Crippen LogP contribution < -0.4 is 10.4 Å². The van der Waals surface area contributed by atoms with E-state index in [2.05, 4.69) is 79.3 Å². The molecular formula is C22H29N3O2Si. The first-order valence-electron chi connectivity index (χ1n) is 9.86. The average molecular weight is 396 g/mol. The van der Waals surface area contributed by atoms with E-state index in [-0.39, 0.29) is 17.0 Å². The number of aliphatic hydroxyl groups excluding tert-OH is 1. The lowest BCUT2D eigenvalue weighted by molar-refractivity contribution is 0.0953. The summed E-state index contributed by atoms with van der Waals surface area (Å²) in [5, 5.41) is 16.7. The SMILES string of the molecule is CC(C)(C)[Si](OC[C@H]1CC(N=[N+]=[N-])C[C@@H]1O)(c1ccccc1)c1ccccc1. The number of benzene rings is 2. The Morgan fingerprint density at radius 1 is 1.04 bits per heavy atom. The molecule has 2 aromatic rings. The van der Waals surface area contributed by atoms with E-state index in [1.165, 1.54) is 10.4 Å². The summed E-state index contributed by atoms with van der Waals surface area (Å²) in [6.45, 7) is 7.19. The summed E-state index contributed by atoms with van der Waals surface area (Å²) < 4.78 is 6.89. The van der Waals surface area contributed by atoms with E-state index in [1.807, 2.05) is 12.1 Å². The standard InChI is InChI=1S/C22H29N3O2Si/c1-22(2,3)28(19-10-6-4-7-11-19,20-12-8-5-9-13-20)27-16-17-14-18(24-25-23)15-21(17)26/h4-13,17-18,21,26H,14-16H2,1-3H3/t17-,18?,21+/m1/s1. The molecule has 0 saturated heterocycles. The van der Waals surface area contributed by atoms with Crippen LogP contribution in [0.2, 0.25) is 5.04 Å². The molecule has 1 N–H and O–H groups in total. The molecule has 0 amide bonds. The highest BCUT2D eigenvalue weighted by Gasteiger charge is 2.50. The quantitative estimate of drug-likeness (QED) is 0.347. The van der Waals surface area contributed by atoms with E-state index >= 15 is 0 Å². The van der Waals surface area contributed by atoms with Crippen molar-refractivity contribution in [3.63, 3.8) is 0 Å². The summed E-state index contributed by atoms with van der Waals surface area (Å²) in [5.74, 6) is -0.0165. The zero-order valence-electron chi connectivity index (χ0n) is 16.8. The first-order valence-corrected chi connectivity index (χ1v) is 11.8. The number of hydrogen-bond donors (Lipinski definition) is 1. The highest BCUT2D eigenvalue weighted by molar-refractivity contribution is 6.99. The molecule has 1 aliphatic carbocycles. The molecule has 148 valence electrons. The lowest BCUT2D eigenvalue weighted by atomic mass is 10.1. The van der Waals surface area contributed by atoms with E-state index in [4.69, 9.17) is 9.96 Å². The molecule has 28 heavy (non-hydrogen) atoms. The maximum Gasteiger partial charge on any atom is 0.261 e. The number of nitrogens with zero attached hydrogens (tertiary/aromatic N) is 3. The zero-order valence-corrected chi connectivity index (χ0v) is 17.8. The molecule has 0 aromatic heterocycles. The Labute approximate surface area is 168 Å². The van der Waals surface area contributed by atoms with Gasteiger partial charge in [-0.15, -0.1) is 0 Å². The normalized spacial score (nSPS) is 22.6. The van der Waals surface area contributed by atoms with Crippen molar-refractivity contribution in [2.75, 3.05) is 6.61 Å². The lowest BCUT2D eigenvalue weighted by Gasteiger charge is -2.43. The third-order valence-electron chi connectivity index (χ3n) is 5.78. The summed E-state index contributed by atoms with van der Waals surface area (Å²) in [6.07, 6.45) is 0.691. The Morgan fingerprint density at radius 2 is 1.57 bits per heavy atom. The Hall–Kier alpha value is -2.11. The maximum absolute atomic E-state index is 10.5. The summed E-state index contributed by atoms with van der Waals surface area (Å²) in [7, 11) is -2.60. The smallest absolute Gasteiger partial charge is 0.261 e. The number of azide groups is 1. The van der Waals surface area contributed by atoms with Gasteiger partial charge in [0.1, 0.15) is 0 Å². The molecule has 2 aromatic carbocycles. The fourth-order valence-electron chi connectivity index (χ4n) is 4.41. The third-order valence-corrected chi connectivity index (χ3v) is 10.8. The van der Waals surface area contributed by atoms with Gasteiger partial charge < -0.3 is 9.53 Å². The van der Waals surface area contributed by atoms with Crippen LogP contribution in [0.3, 0.4) is 0 Å². The minimum absolute atomic E-state index is 0.0165. The fraction of sp³-hybridized carbons (Fsp3) is 0.455. The molecule has 0 bridgehead atoms. The molecule has 0 spiro atoms. The molecule has 0 aliphatic heterocycles. The van der Waals surface area contributed by atoms with E-state index in [1.54, 1.807) is 0 Å². The van der Waals surface area contributed by atoms with Crippen molar-refractivity contribution in [3.8, 4) is 0 Å². The zero-order chi connectivity index (χ0) is 20.2. The summed E-state index contributed by atoms with van der Waals surface area (Å²) in [4.78, 5) is 2.91. The topological polar surface area (TPSA) is 78.2 Å². The van der Waals surface area contributed by atoms with Gasteiger partial charge in [0.15, 0.2) is 0 Å². The third kappa shape index (κ3) is 4.01. The predicted octanol–water partition coefficient (Wildman–Crippen LogP) is 4.01. The second kappa shape index (κ2) is 8.49. The largest absolute Gasteiger partial charge is 0.407 e. The highest BCUT2D eigenvalue weighted by atomic mass is 28.4. The second-order valence-corrected chi connectivity index (χ2v) is 12.9. The van der Waals surface area contributed by atoms with Crippen LogP contribution in [0, 0.1) is 5.92 Å². The lowest BCUT2D eigenvalue weighted by Crippen LogP contribution is -2.67. The van der Waals surface area contributed by atoms with E-state index in [0.717, 1.165) is 0 Å². The van der Waals surface area contributed by atoms with Crippen molar-refractivity contribution in [1.29, 1.82) is 0 Å². The number of rotatable bonds is 6. The van der Waals surface area contributed by atoms with Crippen LogP contribution in [-0.2, 0) is 4.43 Å². The molecule has 5 nitrogen and oxygen atoms in total. The predicted molar refractivity (Wildman–Crippen MR) is 115 cm³/mol. The van der Waals surface area contributed by atoms with E-state index < -0.39 is 14.4 Å². The van der Waals surface area contributed by atoms with Gasteiger partial charge in [0.25, 0.3) is 8.32 Å². The van der Waals surface area contributed by atoms with E-state index in [9.17, 15) is 5.11 Å². The van der Waals surface area contributed by atoms with Gasteiger partial charge in [0, 0.05) is 23.5 Å². The van der Waals surface area contributed by atoms with E-state index in [0.29, 0.717) is 19.4 Å². The van der Waals surface area contributed by atoms with Crippen LogP contribution in [0.25, 0.3) is 10.4 Å². The van der Waals surface area contributed by atoms with Gasteiger partial charge in [-0.3, -0.25) is 0 Å². The monoisotopic (exact) mass is 395 g/mol. The summed E-state index contributed by atoms with van der Waals surface area (Å²) in [6, 6.07) is 20.8. The van der Waals surface area contributed by atoms with Crippen LogP contribution in [0.4, 0.5) is 0 Å². The van der Waals surface area contributed by atoms with Crippen molar-refractivity contribution < 1.29 is 9.53 Å². The summed E-state index contributed by atoms with van der Waals surface area (Å²) >= 11 is 0. The van der Waals surface area contributed by atoms with Gasteiger partial charge in [-0.25, -0.2) is 0 Å². The number of aliphatic hydroxyl groups is 1. The first-order chi connectivity index (χ1) is 13.4. The van der Waals surface area contributed by atoms with Gasteiger partial charge in [-0.2, -0.15) is 0 Å². The average Bonchev–Trinajstić information content (AvgIpc) is 3.02. The molecule has 1 aliphatic rings. The molecule has 0 heterocycles. The highest BCUT2D eigenvalue weighted by Crippen LogP contribution is 2.38. The molecule has 3 rings (SSSR count). The maximum atomic E-state index is 10.5. The fourth-order valence-corrected chi connectivity index (χ4v) is 9.03.